The third-order valence-electron chi connectivity index (χ3n) is 3.84. The first-order chi connectivity index (χ1) is 9.07. The minimum Gasteiger partial charge on any atom is -0.355 e. The molecule has 3 nitrogen and oxygen atoms in total. The monoisotopic (exact) mass is 324 g/mol. The van der Waals surface area contributed by atoms with E-state index in [1.807, 2.05) is 13.1 Å². The molecule has 0 spiro atoms. The summed E-state index contributed by atoms with van der Waals surface area (Å²) < 4.78 is 1.09. The second-order valence-electron chi connectivity index (χ2n) is 5.39. The zero-order valence-corrected chi connectivity index (χ0v) is 13.1. The normalized spacial score (nSPS) is 16.2. The summed E-state index contributed by atoms with van der Waals surface area (Å²) in [5.41, 5.74) is 2.43. The van der Waals surface area contributed by atoms with Gasteiger partial charge < -0.3 is 10.6 Å². The van der Waals surface area contributed by atoms with Crippen molar-refractivity contribution in [3.63, 3.8) is 0 Å². The topological polar surface area (TPSA) is 41.1 Å². The average Bonchev–Trinajstić information content (AvgIpc) is 3.15. The number of benzene rings is 1. The fourth-order valence-electron chi connectivity index (χ4n) is 2.38. The first-order valence-electron chi connectivity index (χ1n) is 6.75. The van der Waals surface area contributed by atoms with Gasteiger partial charge in [-0.15, -0.1) is 0 Å². The van der Waals surface area contributed by atoms with E-state index in [4.69, 9.17) is 0 Å². The van der Waals surface area contributed by atoms with Crippen molar-refractivity contribution in [3.05, 3.63) is 33.8 Å². The maximum absolute atomic E-state index is 12.1. The van der Waals surface area contributed by atoms with E-state index in [1.54, 1.807) is 0 Å². The Balaban J connectivity index is 1.83. The van der Waals surface area contributed by atoms with Gasteiger partial charge in [0.05, 0.1) is 5.41 Å². The summed E-state index contributed by atoms with van der Waals surface area (Å²) in [4.78, 5) is 12.1. The van der Waals surface area contributed by atoms with Crippen molar-refractivity contribution in [1.29, 1.82) is 0 Å². The molecule has 0 aromatic heterocycles. The summed E-state index contributed by atoms with van der Waals surface area (Å²) in [6.07, 6.45) is 2.90. The molecule has 104 valence electrons. The van der Waals surface area contributed by atoms with Gasteiger partial charge in [0.25, 0.3) is 0 Å². The summed E-state index contributed by atoms with van der Waals surface area (Å²) >= 11 is 3.48. The number of hydrogen-bond acceptors (Lipinski definition) is 2. The number of nitrogens with one attached hydrogen (secondary N) is 2. The third-order valence-corrected chi connectivity index (χ3v) is 4.33. The minimum atomic E-state index is -0.124. The Morgan fingerprint density at radius 1 is 1.42 bits per heavy atom. The molecule has 2 rings (SSSR count). The lowest BCUT2D eigenvalue weighted by molar-refractivity contribution is -0.126. The van der Waals surface area contributed by atoms with Crippen LogP contribution >= 0.6 is 15.9 Å². The highest BCUT2D eigenvalue weighted by Crippen LogP contribution is 2.45. The zero-order valence-electron chi connectivity index (χ0n) is 11.6. The Kier molecular flexibility index (Phi) is 4.63. The molecule has 0 bridgehead atoms. The standard InChI is InChI=1S/C15H21BrN2O/c1-11-3-4-13(16)9-12(11)5-8-18-14(19)15(6-7-15)10-17-2/h3-4,9,17H,5-8,10H2,1-2H3,(H,18,19). The third kappa shape index (κ3) is 3.57. The summed E-state index contributed by atoms with van der Waals surface area (Å²) in [6.45, 7) is 3.60. The van der Waals surface area contributed by atoms with Crippen molar-refractivity contribution >= 4 is 21.8 Å². The van der Waals surface area contributed by atoms with Crippen LogP contribution in [0.15, 0.2) is 22.7 Å². The van der Waals surface area contributed by atoms with Crippen molar-refractivity contribution in [2.75, 3.05) is 20.1 Å². The van der Waals surface area contributed by atoms with E-state index in [1.165, 1.54) is 11.1 Å². The van der Waals surface area contributed by atoms with Crippen molar-refractivity contribution in [1.82, 2.24) is 10.6 Å². The van der Waals surface area contributed by atoms with Crippen molar-refractivity contribution in [3.8, 4) is 0 Å². The van der Waals surface area contributed by atoms with Crippen LogP contribution in [-0.2, 0) is 11.2 Å². The van der Waals surface area contributed by atoms with E-state index in [2.05, 4.69) is 45.6 Å². The van der Waals surface area contributed by atoms with E-state index in [0.29, 0.717) is 6.54 Å². The highest BCUT2D eigenvalue weighted by molar-refractivity contribution is 9.10. The predicted octanol–water partition coefficient (Wildman–Crippen LogP) is 2.42. The molecule has 0 unspecified atom stereocenters. The Hall–Kier alpha value is -0.870. The molecular formula is C15H21BrN2O. The van der Waals surface area contributed by atoms with Gasteiger partial charge >= 0.3 is 0 Å². The van der Waals surface area contributed by atoms with Gasteiger partial charge in [-0.05, 0) is 56.5 Å². The van der Waals surface area contributed by atoms with E-state index >= 15 is 0 Å². The molecule has 1 saturated carbocycles. The Morgan fingerprint density at radius 2 is 2.16 bits per heavy atom. The van der Waals surface area contributed by atoms with Crippen LogP contribution in [0, 0.1) is 12.3 Å². The van der Waals surface area contributed by atoms with E-state index in [0.717, 1.165) is 30.3 Å². The number of carbonyl (C=O) groups is 1. The largest absolute Gasteiger partial charge is 0.355 e. The van der Waals surface area contributed by atoms with Gasteiger partial charge in [0, 0.05) is 17.6 Å². The van der Waals surface area contributed by atoms with Gasteiger partial charge in [0.15, 0.2) is 0 Å². The van der Waals surface area contributed by atoms with Crippen LogP contribution in [-0.4, -0.2) is 26.0 Å². The smallest absolute Gasteiger partial charge is 0.227 e. The number of carbonyl (C=O) groups excluding carboxylic acids is 1. The molecular weight excluding hydrogens is 304 g/mol. The van der Waals surface area contributed by atoms with Gasteiger partial charge in [0.1, 0.15) is 0 Å². The quantitative estimate of drug-likeness (QED) is 0.843. The van der Waals surface area contributed by atoms with Crippen LogP contribution in [0.25, 0.3) is 0 Å². The predicted molar refractivity (Wildman–Crippen MR) is 81.2 cm³/mol. The summed E-state index contributed by atoms with van der Waals surface area (Å²) in [7, 11) is 1.90. The van der Waals surface area contributed by atoms with E-state index < -0.39 is 0 Å². The van der Waals surface area contributed by atoms with Gasteiger partial charge in [-0.2, -0.15) is 0 Å². The molecule has 1 aromatic carbocycles. The van der Waals surface area contributed by atoms with Gasteiger partial charge in [-0.1, -0.05) is 22.0 Å². The lowest BCUT2D eigenvalue weighted by Gasteiger charge is -2.15. The van der Waals surface area contributed by atoms with Crippen molar-refractivity contribution in [2.24, 2.45) is 5.41 Å². The lowest BCUT2D eigenvalue weighted by Crippen LogP contribution is -2.38. The SMILES string of the molecule is CNCC1(C(=O)NCCc2cc(Br)ccc2C)CC1. The van der Waals surface area contributed by atoms with Gasteiger partial charge in [-0.3, -0.25) is 4.79 Å². The number of halogens is 1. The molecule has 4 heteroatoms. The fourth-order valence-corrected chi connectivity index (χ4v) is 2.79. The van der Waals surface area contributed by atoms with Crippen LogP contribution in [0.5, 0.6) is 0 Å². The molecule has 2 N–H and O–H groups in total. The highest BCUT2D eigenvalue weighted by atomic mass is 79.9. The Labute approximate surface area is 123 Å². The molecule has 0 heterocycles. The summed E-state index contributed by atoms with van der Waals surface area (Å²) in [5.74, 6) is 0.203. The maximum Gasteiger partial charge on any atom is 0.227 e. The molecule has 1 aliphatic rings. The van der Waals surface area contributed by atoms with E-state index in [9.17, 15) is 4.79 Å². The average molecular weight is 325 g/mol. The lowest BCUT2D eigenvalue weighted by atomic mass is 10.0. The van der Waals surface area contributed by atoms with Crippen molar-refractivity contribution < 1.29 is 4.79 Å². The maximum atomic E-state index is 12.1. The molecule has 19 heavy (non-hydrogen) atoms. The van der Waals surface area contributed by atoms with Gasteiger partial charge in [-0.25, -0.2) is 0 Å². The highest BCUT2D eigenvalue weighted by Gasteiger charge is 2.48. The van der Waals surface area contributed by atoms with Crippen LogP contribution in [0.4, 0.5) is 0 Å². The second kappa shape index (κ2) is 6.06. The van der Waals surface area contributed by atoms with Gasteiger partial charge in [0.2, 0.25) is 5.91 Å². The number of hydrogen-bond donors (Lipinski definition) is 2. The molecule has 0 aliphatic heterocycles. The Bertz CT molecular complexity index is 469. The molecule has 1 fully saturated rings. The molecule has 0 saturated heterocycles. The first kappa shape index (κ1) is 14.5. The number of aryl methyl sites for hydroxylation is 1. The molecule has 1 aliphatic carbocycles. The second-order valence-corrected chi connectivity index (χ2v) is 6.30. The fraction of sp³-hybridized carbons (Fsp3) is 0.533. The summed E-state index contributed by atoms with van der Waals surface area (Å²) in [5, 5.41) is 6.18. The zero-order chi connectivity index (χ0) is 13.9. The summed E-state index contributed by atoms with van der Waals surface area (Å²) in [6, 6.07) is 6.27. The van der Waals surface area contributed by atoms with Crippen molar-refractivity contribution in [2.45, 2.75) is 26.2 Å². The molecule has 1 aromatic rings. The minimum absolute atomic E-state index is 0.124. The number of amides is 1. The molecule has 1 amide bonds. The molecule has 0 radical (unpaired) electrons. The molecule has 0 atom stereocenters. The van der Waals surface area contributed by atoms with Crippen LogP contribution in [0.2, 0.25) is 0 Å². The van der Waals surface area contributed by atoms with Crippen LogP contribution in [0.1, 0.15) is 24.0 Å². The first-order valence-corrected chi connectivity index (χ1v) is 7.55. The van der Waals surface area contributed by atoms with Crippen LogP contribution in [0.3, 0.4) is 0 Å². The number of rotatable bonds is 6. The Morgan fingerprint density at radius 3 is 2.79 bits per heavy atom. The van der Waals surface area contributed by atoms with E-state index in [-0.39, 0.29) is 11.3 Å². The van der Waals surface area contributed by atoms with Crippen LogP contribution < -0.4 is 10.6 Å².